The molecule has 1 aliphatic rings. The standard InChI is InChI=1S/C6H5F3IN/c7-6(8,9)4-1-2-5(10)11-3-4/h1-2,11H,3H2. The maximum Gasteiger partial charge on any atom is 0.414 e. The molecule has 0 saturated heterocycles. The Hall–Kier alpha value is -0.200. The van der Waals surface area contributed by atoms with Gasteiger partial charge in [0, 0.05) is 6.54 Å². The fourth-order valence-corrected chi connectivity index (χ4v) is 1.04. The van der Waals surface area contributed by atoms with Crippen molar-refractivity contribution in [2.24, 2.45) is 0 Å². The number of alkyl halides is 3. The van der Waals surface area contributed by atoms with E-state index < -0.39 is 11.7 Å². The van der Waals surface area contributed by atoms with Crippen LogP contribution in [0, 0.1) is 0 Å². The van der Waals surface area contributed by atoms with Gasteiger partial charge in [0.15, 0.2) is 0 Å². The Labute approximate surface area is 75.5 Å². The van der Waals surface area contributed by atoms with Gasteiger partial charge >= 0.3 is 6.18 Å². The molecular weight excluding hydrogens is 270 g/mol. The number of rotatable bonds is 0. The maximum absolute atomic E-state index is 11.9. The van der Waals surface area contributed by atoms with E-state index in [-0.39, 0.29) is 6.54 Å². The molecule has 0 spiro atoms. The Morgan fingerprint density at radius 2 is 2.00 bits per heavy atom. The van der Waals surface area contributed by atoms with Crippen LogP contribution in [0.25, 0.3) is 0 Å². The highest BCUT2D eigenvalue weighted by atomic mass is 127. The Morgan fingerprint density at radius 3 is 2.36 bits per heavy atom. The fraction of sp³-hybridized carbons (Fsp3) is 0.333. The van der Waals surface area contributed by atoms with Crippen LogP contribution in [0.1, 0.15) is 0 Å². The summed E-state index contributed by atoms with van der Waals surface area (Å²) >= 11 is 1.93. The first-order chi connectivity index (χ1) is 5.00. The van der Waals surface area contributed by atoms with Crippen molar-refractivity contribution < 1.29 is 13.2 Å². The van der Waals surface area contributed by atoms with Crippen molar-refractivity contribution in [3.05, 3.63) is 21.4 Å². The third-order valence-corrected chi connectivity index (χ3v) is 1.98. The van der Waals surface area contributed by atoms with E-state index in [1.165, 1.54) is 6.08 Å². The molecule has 1 rings (SSSR count). The Kier molecular flexibility index (Phi) is 2.46. The first-order valence-electron chi connectivity index (χ1n) is 2.87. The lowest BCUT2D eigenvalue weighted by molar-refractivity contribution is -0.0928. The van der Waals surface area contributed by atoms with E-state index in [4.69, 9.17) is 0 Å². The molecule has 1 nitrogen and oxygen atoms in total. The molecule has 0 aromatic heterocycles. The number of hydrogen-bond acceptors (Lipinski definition) is 1. The van der Waals surface area contributed by atoms with E-state index in [1.54, 1.807) is 0 Å². The van der Waals surface area contributed by atoms with Crippen molar-refractivity contribution in [2.75, 3.05) is 6.54 Å². The zero-order valence-corrected chi connectivity index (χ0v) is 7.53. The molecule has 1 aliphatic heterocycles. The smallest absolute Gasteiger partial charge is 0.376 e. The number of allylic oxidation sites excluding steroid dienone is 2. The maximum atomic E-state index is 11.9. The minimum absolute atomic E-state index is 0.127. The largest absolute Gasteiger partial charge is 0.414 e. The van der Waals surface area contributed by atoms with Gasteiger partial charge in [-0.2, -0.15) is 13.2 Å². The summed E-state index contributed by atoms with van der Waals surface area (Å²) in [7, 11) is 0. The van der Waals surface area contributed by atoms with Gasteiger partial charge in [-0.25, -0.2) is 0 Å². The van der Waals surface area contributed by atoms with Gasteiger partial charge in [-0.05, 0) is 34.7 Å². The van der Waals surface area contributed by atoms with Crippen molar-refractivity contribution in [1.82, 2.24) is 5.32 Å². The normalized spacial score (nSPS) is 18.5. The van der Waals surface area contributed by atoms with Crippen LogP contribution in [0.2, 0.25) is 0 Å². The minimum atomic E-state index is -4.19. The molecule has 0 saturated carbocycles. The Bertz CT molecular complexity index is 216. The Balaban J connectivity index is 2.77. The van der Waals surface area contributed by atoms with Crippen LogP contribution >= 0.6 is 22.6 Å². The fourth-order valence-electron chi connectivity index (χ4n) is 0.666. The van der Waals surface area contributed by atoms with Crippen LogP contribution in [0.5, 0.6) is 0 Å². The molecule has 1 heterocycles. The third-order valence-electron chi connectivity index (χ3n) is 1.24. The SMILES string of the molecule is FC(F)(F)C1=CC=C(I)NC1. The van der Waals surface area contributed by atoms with Gasteiger partial charge in [-0.3, -0.25) is 0 Å². The topological polar surface area (TPSA) is 12.0 Å². The van der Waals surface area contributed by atoms with Gasteiger partial charge in [-0.1, -0.05) is 0 Å². The van der Waals surface area contributed by atoms with Crippen molar-refractivity contribution >= 4 is 22.6 Å². The van der Waals surface area contributed by atoms with E-state index in [0.29, 0.717) is 0 Å². The summed E-state index contributed by atoms with van der Waals surface area (Å²) in [5.41, 5.74) is -0.530. The van der Waals surface area contributed by atoms with Crippen molar-refractivity contribution in [1.29, 1.82) is 0 Å². The second-order valence-corrected chi connectivity index (χ2v) is 3.22. The highest BCUT2D eigenvalue weighted by Gasteiger charge is 2.33. The van der Waals surface area contributed by atoms with E-state index >= 15 is 0 Å². The molecule has 0 fully saturated rings. The second-order valence-electron chi connectivity index (χ2n) is 2.06. The molecule has 0 aromatic carbocycles. The zero-order chi connectivity index (χ0) is 8.48. The summed E-state index contributed by atoms with van der Waals surface area (Å²) in [5.74, 6) is 0. The predicted molar refractivity (Wildman–Crippen MR) is 44.2 cm³/mol. The molecule has 0 unspecified atom stereocenters. The monoisotopic (exact) mass is 275 g/mol. The quantitative estimate of drug-likeness (QED) is 0.528. The van der Waals surface area contributed by atoms with Gasteiger partial charge in [-0.15, -0.1) is 0 Å². The molecule has 5 heteroatoms. The molecule has 0 atom stereocenters. The molecule has 11 heavy (non-hydrogen) atoms. The predicted octanol–water partition coefficient (Wildman–Crippen LogP) is 2.35. The van der Waals surface area contributed by atoms with Crippen LogP contribution in [0.15, 0.2) is 21.4 Å². The molecule has 0 aliphatic carbocycles. The number of hydrogen-bond donors (Lipinski definition) is 1. The molecule has 1 N–H and O–H groups in total. The first-order valence-corrected chi connectivity index (χ1v) is 3.95. The highest BCUT2D eigenvalue weighted by Crippen LogP contribution is 2.27. The average Bonchev–Trinajstić information content (AvgIpc) is 1.86. The third kappa shape index (κ3) is 2.39. The summed E-state index contributed by atoms with van der Waals surface area (Å²) in [6.45, 7) is -0.127. The van der Waals surface area contributed by atoms with Crippen LogP contribution in [0.3, 0.4) is 0 Å². The molecule has 0 bridgehead atoms. The second kappa shape index (κ2) is 3.04. The number of nitrogens with one attached hydrogen (secondary N) is 1. The molecule has 0 amide bonds. The molecule has 0 radical (unpaired) electrons. The van der Waals surface area contributed by atoms with E-state index in [2.05, 4.69) is 5.32 Å². The van der Waals surface area contributed by atoms with E-state index in [1.807, 2.05) is 22.6 Å². The van der Waals surface area contributed by atoms with Crippen LogP contribution in [-0.4, -0.2) is 12.7 Å². The average molecular weight is 275 g/mol. The lowest BCUT2D eigenvalue weighted by atomic mass is 10.2. The van der Waals surface area contributed by atoms with Gasteiger partial charge in [0.05, 0.1) is 9.28 Å². The van der Waals surface area contributed by atoms with E-state index in [0.717, 1.165) is 9.78 Å². The molecule has 62 valence electrons. The van der Waals surface area contributed by atoms with Gasteiger partial charge < -0.3 is 5.32 Å². The first kappa shape index (κ1) is 8.89. The van der Waals surface area contributed by atoms with E-state index in [9.17, 15) is 13.2 Å². The summed E-state index contributed by atoms with van der Waals surface area (Å²) < 4.78 is 36.5. The van der Waals surface area contributed by atoms with Gasteiger partial charge in [0.25, 0.3) is 0 Å². The van der Waals surface area contributed by atoms with Gasteiger partial charge in [0.2, 0.25) is 0 Å². The molecular formula is C6H5F3IN. The lowest BCUT2D eigenvalue weighted by Crippen LogP contribution is -2.25. The van der Waals surface area contributed by atoms with Crippen molar-refractivity contribution in [3.63, 3.8) is 0 Å². The lowest BCUT2D eigenvalue weighted by Gasteiger charge is -2.15. The summed E-state index contributed by atoms with van der Waals surface area (Å²) in [4.78, 5) is 0. The van der Waals surface area contributed by atoms with Gasteiger partial charge in [0.1, 0.15) is 0 Å². The highest BCUT2D eigenvalue weighted by molar-refractivity contribution is 14.1. The summed E-state index contributed by atoms with van der Waals surface area (Å²) in [6.07, 6.45) is -1.69. The summed E-state index contributed by atoms with van der Waals surface area (Å²) in [6, 6.07) is 0. The Morgan fingerprint density at radius 1 is 1.36 bits per heavy atom. The summed E-state index contributed by atoms with van der Waals surface area (Å²) in [5, 5.41) is 2.60. The van der Waals surface area contributed by atoms with Crippen molar-refractivity contribution in [3.8, 4) is 0 Å². The minimum Gasteiger partial charge on any atom is -0.376 e. The molecule has 0 aromatic rings. The van der Waals surface area contributed by atoms with Crippen LogP contribution in [0.4, 0.5) is 13.2 Å². The number of dihydropyridines is 1. The number of halogens is 4. The zero-order valence-electron chi connectivity index (χ0n) is 5.37. The van der Waals surface area contributed by atoms with Crippen LogP contribution < -0.4 is 5.32 Å². The van der Waals surface area contributed by atoms with Crippen LogP contribution in [-0.2, 0) is 0 Å². The van der Waals surface area contributed by atoms with Crippen molar-refractivity contribution in [2.45, 2.75) is 6.18 Å².